The van der Waals surface area contributed by atoms with Crippen molar-refractivity contribution in [3.63, 3.8) is 0 Å². The number of esters is 1. The highest BCUT2D eigenvalue weighted by atomic mass is 35.5. The zero-order valence-electron chi connectivity index (χ0n) is 17.5. The van der Waals surface area contributed by atoms with E-state index in [0.717, 1.165) is 5.39 Å². The molecule has 7 nitrogen and oxygen atoms in total. The van der Waals surface area contributed by atoms with Crippen molar-refractivity contribution in [3.05, 3.63) is 69.9 Å². The van der Waals surface area contributed by atoms with E-state index in [9.17, 15) is 9.59 Å². The lowest BCUT2D eigenvalue weighted by Gasteiger charge is -2.20. The van der Waals surface area contributed by atoms with Gasteiger partial charge in [-0.3, -0.25) is 9.69 Å². The number of fused-ring (bicyclic) bond motifs is 1. The number of para-hydroxylation sites is 2. The van der Waals surface area contributed by atoms with Crippen LogP contribution < -0.4 is 9.64 Å². The van der Waals surface area contributed by atoms with Crippen molar-refractivity contribution in [3.8, 4) is 5.75 Å². The summed E-state index contributed by atoms with van der Waals surface area (Å²) in [6, 6.07) is 12.3. The number of furan rings is 1. The number of aromatic nitrogens is 1. The van der Waals surface area contributed by atoms with Gasteiger partial charge in [0.15, 0.2) is 5.13 Å². The first kappa shape index (κ1) is 21.9. The number of thiazole rings is 1. The van der Waals surface area contributed by atoms with Crippen LogP contribution in [0.2, 0.25) is 5.02 Å². The molecule has 0 aliphatic rings. The van der Waals surface area contributed by atoms with Gasteiger partial charge >= 0.3 is 5.97 Å². The first-order valence-corrected chi connectivity index (χ1v) is 10.9. The van der Waals surface area contributed by atoms with E-state index in [1.54, 1.807) is 42.6 Å². The van der Waals surface area contributed by atoms with Crippen molar-refractivity contribution < 1.29 is 23.5 Å². The maximum absolute atomic E-state index is 12.6. The first-order valence-electron chi connectivity index (χ1n) is 9.63. The Morgan fingerprint density at radius 1 is 1.22 bits per heavy atom. The van der Waals surface area contributed by atoms with Gasteiger partial charge in [-0.1, -0.05) is 23.7 Å². The van der Waals surface area contributed by atoms with Crippen molar-refractivity contribution in [2.45, 2.75) is 20.5 Å². The predicted molar refractivity (Wildman–Crippen MR) is 123 cm³/mol. The summed E-state index contributed by atoms with van der Waals surface area (Å²) in [5.41, 5.74) is 2.31. The molecule has 164 valence electrons. The minimum atomic E-state index is -0.600. The van der Waals surface area contributed by atoms with Crippen LogP contribution in [0, 0.1) is 6.92 Å². The molecule has 0 fully saturated rings. The summed E-state index contributed by atoms with van der Waals surface area (Å²) >= 11 is 7.30. The average molecular weight is 471 g/mol. The van der Waals surface area contributed by atoms with Crippen LogP contribution in [-0.2, 0) is 16.1 Å². The maximum atomic E-state index is 12.6. The quantitative estimate of drug-likeness (QED) is 0.326. The summed E-state index contributed by atoms with van der Waals surface area (Å²) in [5.74, 6) is -0.148. The second-order valence-electron chi connectivity index (χ2n) is 6.92. The molecule has 0 saturated heterocycles. The van der Waals surface area contributed by atoms with Crippen LogP contribution in [0.4, 0.5) is 10.8 Å². The molecule has 4 aromatic rings. The summed E-state index contributed by atoms with van der Waals surface area (Å²) in [6.45, 7) is 3.16. The Morgan fingerprint density at radius 3 is 2.75 bits per heavy atom. The smallest absolute Gasteiger partial charge is 0.374 e. The number of anilines is 2. The largest absolute Gasteiger partial charge is 0.495 e. The number of benzene rings is 2. The Kier molecular flexibility index (Phi) is 6.16. The number of rotatable bonds is 6. The fraction of sp³-hybridized carbons (Fsp3) is 0.174. The highest BCUT2D eigenvalue weighted by molar-refractivity contribution is 7.14. The number of hydrogen-bond acceptors (Lipinski definition) is 7. The van der Waals surface area contributed by atoms with Gasteiger partial charge in [0, 0.05) is 28.3 Å². The van der Waals surface area contributed by atoms with Crippen LogP contribution in [0.5, 0.6) is 5.75 Å². The third-order valence-electron chi connectivity index (χ3n) is 4.81. The van der Waals surface area contributed by atoms with Crippen molar-refractivity contribution >= 4 is 56.6 Å². The topological polar surface area (TPSA) is 81.9 Å². The lowest BCUT2D eigenvalue weighted by atomic mass is 10.1. The molecule has 0 N–H and O–H groups in total. The second kappa shape index (κ2) is 9.02. The zero-order chi connectivity index (χ0) is 22.8. The van der Waals surface area contributed by atoms with Crippen LogP contribution in [-0.4, -0.2) is 24.0 Å². The summed E-state index contributed by atoms with van der Waals surface area (Å²) < 4.78 is 16.4. The van der Waals surface area contributed by atoms with Gasteiger partial charge in [0.25, 0.3) is 0 Å². The summed E-state index contributed by atoms with van der Waals surface area (Å²) in [6.07, 6.45) is 0. The van der Waals surface area contributed by atoms with Gasteiger partial charge < -0.3 is 13.9 Å². The molecule has 4 rings (SSSR count). The number of hydrogen-bond donors (Lipinski definition) is 0. The van der Waals surface area contributed by atoms with Gasteiger partial charge in [0.2, 0.25) is 11.7 Å². The molecule has 2 aromatic heterocycles. The van der Waals surface area contributed by atoms with E-state index < -0.39 is 5.97 Å². The number of nitrogens with zero attached hydrogens (tertiary/aromatic N) is 2. The molecule has 0 saturated carbocycles. The van der Waals surface area contributed by atoms with Crippen molar-refractivity contribution in [2.75, 3.05) is 12.0 Å². The molecule has 0 atom stereocenters. The summed E-state index contributed by atoms with van der Waals surface area (Å²) in [5, 5.41) is 3.50. The van der Waals surface area contributed by atoms with Crippen LogP contribution in [0.25, 0.3) is 11.0 Å². The molecule has 0 spiro atoms. The first-order chi connectivity index (χ1) is 15.4. The number of methoxy groups -OCH3 is 1. The molecule has 1 amide bonds. The van der Waals surface area contributed by atoms with E-state index in [-0.39, 0.29) is 18.3 Å². The van der Waals surface area contributed by atoms with E-state index in [1.165, 1.54) is 30.3 Å². The average Bonchev–Trinajstić information content (AvgIpc) is 3.37. The molecule has 9 heteroatoms. The second-order valence-corrected chi connectivity index (χ2v) is 8.19. The highest BCUT2D eigenvalue weighted by Gasteiger charge is 2.23. The Balaban J connectivity index is 1.52. The Morgan fingerprint density at radius 2 is 2.00 bits per heavy atom. The van der Waals surface area contributed by atoms with E-state index in [4.69, 9.17) is 25.5 Å². The van der Waals surface area contributed by atoms with Gasteiger partial charge in [-0.25, -0.2) is 9.78 Å². The van der Waals surface area contributed by atoms with Crippen LogP contribution in [0.3, 0.4) is 0 Å². The summed E-state index contributed by atoms with van der Waals surface area (Å²) in [7, 11) is 1.54. The van der Waals surface area contributed by atoms with Crippen LogP contribution in [0.15, 0.2) is 52.3 Å². The molecular weight excluding hydrogens is 452 g/mol. The van der Waals surface area contributed by atoms with E-state index in [0.29, 0.717) is 38.4 Å². The van der Waals surface area contributed by atoms with E-state index in [1.807, 2.05) is 12.1 Å². The van der Waals surface area contributed by atoms with Crippen LogP contribution >= 0.6 is 22.9 Å². The molecular formula is C23H19ClN2O5S. The fourth-order valence-electron chi connectivity index (χ4n) is 3.28. The zero-order valence-corrected chi connectivity index (χ0v) is 19.1. The Labute approximate surface area is 193 Å². The van der Waals surface area contributed by atoms with Gasteiger partial charge in [-0.05, 0) is 37.3 Å². The lowest BCUT2D eigenvalue weighted by Crippen LogP contribution is -2.23. The lowest BCUT2D eigenvalue weighted by molar-refractivity contribution is -0.115. The highest BCUT2D eigenvalue weighted by Crippen LogP contribution is 2.35. The van der Waals surface area contributed by atoms with E-state index >= 15 is 0 Å². The number of amides is 1. The predicted octanol–water partition coefficient (Wildman–Crippen LogP) is 5.90. The van der Waals surface area contributed by atoms with Crippen molar-refractivity contribution in [2.24, 2.45) is 0 Å². The van der Waals surface area contributed by atoms with Crippen molar-refractivity contribution in [1.29, 1.82) is 0 Å². The monoisotopic (exact) mass is 470 g/mol. The molecule has 0 unspecified atom stereocenters. The third-order valence-corrected chi connectivity index (χ3v) is 5.92. The Hall–Kier alpha value is -3.36. The molecule has 0 radical (unpaired) electrons. The number of ether oxygens (including phenoxy) is 2. The minimum absolute atomic E-state index is 0.0652. The molecule has 2 aromatic carbocycles. The third kappa shape index (κ3) is 4.19. The number of halogens is 1. The normalized spacial score (nSPS) is 10.9. The number of carbonyl (C=O) groups is 2. The Bertz CT molecular complexity index is 1310. The molecule has 32 heavy (non-hydrogen) atoms. The SMILES string of the molecule is COc1ccccc1N(C(C)=O)c1nc(COC(=O)c2oc3ccc(Cl)cc3c2C)cs1. The van der Waals surface area contributed by atoms with Gasteiger partial charge in [0.1, 0.15) is 17.9 Å². The standard InChI is InChI=1S/C23H19ClN2O5S/c1-13-17-10-15(24)8-9-19(17)31-21(13)22(28)30-11-16-12-32-23(25-16)26(14(2)27)18-6-4-5-7-20(18)29-3/h4-10,12H,11H2,1-3H3. The number of carbonyl (C=O) groups excluding carboxylic acids is 2. The van der Waals surface area contributed by atoms with Gasteiger partial charge in [0.05, 0.1) is 18.5 Å². The van der Waals surface area contributed by atoms with E-state index in [2.05, 4.69) is 4.98 Å². The molecule has 0 aliphatic carbocycles. The summed E-state index contributed by atoms with van der Waals surface area (Å²) in [4.78, 5) is 30.9. The number of aryl methyl sites for hydroxylation is 1. The van der Waals surface area contributed by atoms with Crippen LogP contribution in [0.1, 0.15) is 28.7 Å². The maximum Gasteiger partial charge on any atom is 0.374 e. The molecule has 0 bridgehead atoms. The van der Waals surface area contributed by atoms with Gasteiger partial charge in [-0.2, -0.15) is 0 Å². The molecule has 2 heterocycles. The van der Waals surface area contributed by atoms with Gasteiger partial charge in [-0.15, -0.1) is 11.3 Å². The fourth-order valence-corrected chi connectivity index (χ4v) is 4.32. The van der Waals surface area contributed by atoms with Crippen molar-refractivity contribution in [1.82, 2.24) is 4.98 Å². The molecule has 0 aliphatic heterocycles. The minimum Gasteiger partial charge on any atom is -0.495 e.